The fourth-order valence-electron chi connectivity index (χ4n) is 2.83. The summed E-state index contributed by atoms with van der Waals surface area (Å²) in [7, 11) is 0. The van der Waals surface area contributed by atoms with E-state index in [1.165, 1.54) is 25.7 Å². The third kappa shape index (κ3) is 3.35. The van der Waals surface area contributed by atoms with Gasteiger partial charge >= 0.3 is 6.03 Å². The molecule has 0 saturated carbocycles. The number of rotatable bonds is 3. The zero-order valence-electron chi connectivity index (χ0n) is 11.0. The minimum Gasteiger partial charge on any atom is -0.325 e. The SMILES string of the molecule is CCN(CC1CCNCC1)C(=O)N1CCCC1. The smallest absolute Gasteiger partial charge is 0.319 e. The van der Waals surface area contributed by atoms with Gasteiger partial charge in [-0.3, -0.25) is 0 Å². The lowest BCUT2D eigenvalue weighted by molar-refractivity contribution is 0.151. The molecule has 1 N–H and O–H groups in total. The maximum absolute atomic E-state index is 12.3. The first kappa shape index (κ1) is 12.7. The Bertz CT molecular complexity index is 245. The van der Waals surface area contributed by atoms with Crippen LogP contribution < -0.4 is 5.32 Å². The van der Waals surface area contributed by atoms with Crippen molar-refractivity contribution in [2.75, 3.05) is 39.3 Å². The summed E-state index contributed by atoms with van der Waals surface area (Å²) in [4.78, 5) is 16.3. The van der Waals surface area contributed by atoms with Gasteiger partial charge in [0.05, 0.1) is 0 Å². The van der Waals surface area contributed by atoms with Crippen molar-refractivity contribution in [1.82, 2.24) is 15.1 Å². The summed E-state index contributed by atoms with van der Waals surface area (Å²) >= 11 is 0. The lowest BCUT2D eigenvalue weighted by Crippen LogP contribution is -2.45. The summed E-state index contributed by atoms with van der Waals surface area (Å²) in [6, 6.07) is 0.267. The summed E-state index contributed by atoms with van der Waals surface area (Å²) in [5.74, 6) is 0.697. The Labute approximate surface area is 104 Å². The van der Waals surface area contributed by atoms with Crippen LogP contribution in [0.1, 0.15) is 32.6 Å². The van der Waals surface area contributed by atoms with Crippen LogP contribution in [0.3, 0.4) is 0 Å². The zero-order chi connectivity index (χ0) is 12.1. The van der Waals surface area contributed by atoms with Gasteiger partial charge in [0.15, 0.2) is 0 Å². The molecule has 98 valence electrons. The van der Waals surface area contributed by atoms with E-state index in [2.05, 4.69) is 12.2 Å². The zero-order valence-corrected chi connectivity index (χ0v) is 11.0. The number of piperidine rings is 1. The Hall–Kier alpha value is -0.770. The van der Waals surface area contributed by atoms with E-state index in [1.807, 2.05) is 9.80 Å². The molecule has 2 amide bonds. The highest BCUT2D eigenvalue weighted by atomic mass is 16.2. The average molecular weight is 239 g/mol. The topological polar surface area (TPSA) is 35.6 Å². The molecule has 0 aromatic rings. The van der Waals surface area contributed by atoms with Gasteiger partial charge in [0.1, 0.15) is 0 Å². The van der Waals surface area contributed by atoms with E-state index < -0.39 is 0 Å². The predicted molar refractivity (Wildman–Crippen MR) is 69.0 cm³/mol. The van der Waals surface area contributed by atoms with Crippen molar-refractivity contribution in [2.24, 2.45) is 5.92 Å². The number of nitrogens with one attached hydrogen (secondary N) is 1. The molecule has 0 bridgehead atoms. The van der Waals surface area contributed by atoms with Gasteiger partial charge < -0.3 is 15.1 Å². The molecule has 0 aliphatic carbocycles. The first-order chi connectivity index (χ1) is 8.31. The second kappa shape index (κ2) is 6.24. The Kier molecular flexibility index (Phi) is 4.66. The average Bonchev–Trinajstić information content (AvgIpc) is 2.90. The number of hydrogen-bond acceptors (Lipinski definition) is 2. The Morgan fingerprint density at radius 1 is 1.29 bits per heavy atom. The van der Waals surface area contributed by atoms with E-state index in [0.717, 1.165) is 39.3 Å². The third-order valence-electron chi connectivity index (χ3n) is 3.97. The molecular weight excluding hydrogens is 214 g/mol. The summed E-state index contributed by atoms with van der Waals surface area (Å²) < 4.78 is 0. The summed E-state index contributed by atoms with van der Waals surface area (Å²) in [5.41, 5.74) is 0. The van der Waals surface area contributed by atoms with Crippen molar-refractivity contribution in [2.45, 2.75) is 32.6 Å². The molecule has 2 aliphatic rings. The molecule has 0 spiro atoms. The van der Waals surface area contributed by atoms with Gasteiger partial charge in [-0.2, -0.15) is 0 Å². The highest BCUT2D eigenvalue weighted by molar-refractivity contribution is 5.74. The lowest BCUT2D eigenvalue weighted by Gasteiger charge is -2.32. The van der Waals surface area contributed by atoms with Crippen LogP contribution in [0.5, 0.6) is 0 Å². The van der Waals surface area contributed by atoms with Crippen molar-refractivity contribution < 1.29 is 4.79 Å². The fraction of sp³-hybridized carbons (Fsp3) is 0.923. The normalized spacial score (nSPS) is 21.8. The van der Waals surface area contributed by atoms with E-state index in [9.17, 15) is 4.79 Å². The van der Waals surface area contributed by atoms with E-state index >= 15 is 0 Å². The van der Waals surface area contributed by atoms with Crippen LogP contribution in [-0.4, -0.2) is 55.1 Å². The largest absolute Gasteiger partial charge is 0.325 e. The van der Waals surface area contributed by atoms with Gasteiger partial charge in [-0.25, -0.2) is 4.79 Å². The molecule has 0 radical (unpaired) electrons. The first-order valence-corrected chi connectivity index (χ1v) is 7.06. The van der Waals surface area contributed by atoms with Crippen molar-refractivity contribution in [3.8, 4) is 0 Å². The number of amides is 2. The van der Waals surface area contributed by atoms with Crippen LogP contribution in [0.25, 0.3) is 0 Å². The number of carbonyl (C=O) groups excluding carboxylic acids is 1. The number of carbonyl (C=O) groups is 1. The third-order valence-corrected chi connectivity index (χ3v) is 3.97. The molecule has 0 aromatic carbocycles. The minimum absolute atomic E-state index is 0.267. The van der Waals surface area contributed by atoms with Crippen LogP contribution >= 0.6 is 0 Å². The minimum atomic E-state index is 0.267. The molecular formula is C13H25N3O. The van der Waals surface area contributed by atoms with Crippen molar-refractivity contribution in [3.63, 3.8) is 0 Å². The Morgan fingerprint density at radius 2 is 1.94 bits per heavy atom. The van der Waals surface area contributed by atoms with Gasteiger partial charge in [0.2, 0.25) is 0 Å². The van der Waals surface area contributed by atoms with Crippen molar-refractivity contribution in [1.29, 1.82) is 0 Å². The standard InChI is InChI=1S/C13H25N3O/c1-2-15(11-12-5-7-14-8-6-12)13(17)16-9-3-4-10-16/h12,14H,2-11H2,1H3. The van der Waals surface area contributed by atoms with Crippen LogP contribution in [0.2, 0.25) is 0 Å². The second-order valence-electron chi connectivity index (χ2n) is 5.21. The van der Waals surface area contributed by atoms with Crippen molar-refractivity contribution >= 4 is 6.03 Å². The summed E-state index contributed by atoms with van der Waals surface area (Å²) in [6.07, 6.45) is 4.78. The molecule has 2 fully saturated rings. The molecule has 2 aliphatic heterocycles. The van der Waals surface area contributed by atoms with Gasteiger partial charge in [-0.05, 0) is 51.6 Å². The quantitative estimate of drug-likeness (QED) is 0.810. The lowest BCUT2D eigenvalue weighted by atomic mass is 9.97. The van der Waals surface area contributed by atoms with Gasteiger partial charge in [0, 0.05) is 26.2 Å². The van der Waals surface area contributed by atoms with E-state index in [4.69, 9.17) is 0 Å². The summed E-state index contributed by atoms with van der Waals surface area (Å²) in [6.45, 7) is 8.03. The Morgan fingerprint density at radius 3 is 2.53 bits per heavy atom. The van der Waals surface area contributed by atoms with E-state index in [0.29, 0.717) is 5.92 Å². The van der Waals surface area contributed by atoms with Gasteiger partial charge in [0.25, 0.3) is 0 Å². The van der Waals surface area contributed by atoms with Crippen LogP contribution in [0, 0.1) is 5.92 Å². The molecule has 2 rings (SSSR count). The fourth-order valence-corrected chi connectivity index (χ4v) is 2.83. The molecule has 2 saturated heterocycles. The predicted octanol–water partition coefficient (Wildman–Crippen LogP) is 1.52. The second-order valence-corrected chi connectivity index (χ2v) is 5.21. The molecule has 2 heterocycles. The first-order valence-electron chi connectivity index (χ1n) is 7.06. The van der Waals surface area contributed by atoms with Gasteiger partial charge in [-0.1, -0.05) is 0 Å². The number of nitrogens with zero attached hydrogens (tertiary/aromatic N) is 2. The maximum atomic E-state index is 12.3. The van der Waals surface area contributed by atoms with Crippen LogP contribution in [-0.2, 0) is 0 Å². The molecule has 0 unspecified atom stereocenters. The number of urea groups is 1. The number of likely N-dealkylation sites (tertiary alicyclic amines) is 1. The van der Waals surface area contributed by atoms with Gasteiger partial charge in [-0.15, -0.1) is 0 Å². The van der Waals surface area contributed by atoms with E-state index in [-0.39, 0.29) is 6.03 Å². The monoisotopic (exact) mass is 239 g/mol. The maximum Gasteiger partial charge on any atom is 0.319 e. The molecule has 4 nitrogen and oxygen atoms in total. The Balaban J connectivity index is 1.83. The van der Waals surface area contributed by atoms with Crippen molar-refractivity contribution in [3.05, 3.63) is 0 Å². The highest BCUT2D eigenvalue weighted by Gasteiger charge is 2.25. The molecule has 0 atom stereocenters. The molecule has 4 heteroatoms. The van der Waals surface area contributed by atoms with E-state index in [1.54, 1.807) is 0 Å². The highest BCUT2D eigenvalue weighted by Crippen LogP contribution is 2.16. The number of hydrogen-bond donors (Lipinski definition) is 1. The van der Waals surface area contributed by atoms with Crippen LogP contribution in [0.15, 0.2) is 0 Å². The van der Waals surface area contributed by atoms with Crippen LogP contribution in [0.4, 0.5) is 4.79 Å². The summed E-state index contributed by atoms with van der Waals surface area (Å²) in [5, 5.41) is 3.38. The molecule has 0 aromatic heterocycles. The molecule has 17 heavy (non-hydrogen) atoms.